The lowest BCUT2D eigenvalue weighted by Gasteiger charge is -2.10. The molecule has 0 N–H and O–H groups in total. The number of nitrogens with zero attached hydrogens (tertiary/aromatic N) is 1. The molecule has 0 aliphatic rings. The number of hydrogen-bond donors (Lipinski definition) is 0. The van der Waals surface area contributed by atoms with Crippen molar-refractivity contribution in [3.05, 3.63) is 113 Å². The summed E-state index contributed by atoms with van der Waals surface area (Å²) < 4.78 is 12.3. The van der Waals surface area contributed by atoms with Crippen molar-refractivity contribution in [1.82, 2.24) is 4.40 Å². The van der Waals surface area contributed by atoms with Crippen molar-refractivity contribution in [2.24, 2.45) is 0 Å². The Labute approximate surface area is 214 Å². The highest BCUT2D eigenvalue weighted by atomic mass is 16.5. The van der Waals surface area contributed by atoms with Gasteiger partial charge in [0.1, 0.15) is 16.8 Å². The fraction of sp³-hybridized carbons (Fsp3) is 0.129. The lowest BCUT2D eigenvalue weighted by Crippen LogP contribution is -2.17. The molecule has 0 atom stereocenters. The maximum absolute atomic E-state index is 14.1. The standard InChI is InChI=1S/C31H25NO5/c1-3-36-30(34)26-25-19-18-22-12-8-9-13-24(22)32(25)28(27(26)31(35)37-4-2)29(33)23-16-14-21(15-17-23)20-10-6-5-7-11-20/h5-19H,3-4H2,1-2H3. The monoisotopic (exact) mass is 491 g/mol. The first-order valence-electron chi connectivity index (χ1n) is 12.2. The molecule has 3 aromatic carbocycles. The zero-order valence-corrected chi connectivity index (χ0v) is 20.6. The van der Waals surface area contributed by atoms with Crippen LogP contribution >= 0.6 is 0 Å². The van der Waals surface area contributed by atoms with Gasteiger partial charge in [0.05, 0.1) is 24.2 Å². The molecule has 2 aromatic heterocycles. The number of aromatic nitrogens is 1. The van der Waals surface area contributed by atoms with Crippen LogP contribution in [0.15, 0.2) is 91.0 Å². The van der Waals surface area contributed by atoms with Crippen molar-refractivity contribution in [1.29, 1.82) is 0 Å². The predicted molar refractivity (Wildman–Crippen MR) is 142 cm³/mol. The van der Waals surface area contributed by atoms with Crippen LogP contribution < -0.4 is 0 Å². The van der Waals surface area contributed by atoms with E-state index in [-0.39, 0.29) is 30.0 Å². The SMILES string of the molecule is CCOC(=O)c1c(C(=O)OCC)c2ccc3ccccc3n2c1C(=O)c1ccc(-c2ccccc2)cc1. The molecule has 184 valence electrons. The summed E-state index contributed by atoms with van der Waals surface area (Å²) >= 11 is 0. The number of carbonyl (C=O) groups is 3. The lowest BCUT2D eigenvalue weighted by atomic mass is 9.99. The van der Waals surface area contributed by atoms with Gasteiger partial charge in [-0.3, -0.25) is 4.79 Å². The first kappa shape index (κ1) is 24.0. The van der Waals surface area contributed by atoms with Crippen molar-refractivity contribution < 1.29 is 23.9 Å². The van der Waals surface area contributed by atoms with Crippen LogP contribution in [-0.4, -0.2) is 35.3 Å². The first-order chi connectivity index (χ1) is 18.0. The van der Waals surface area contributed by atoms with E-state index in [1.165, 1.54) is 0 Å². The normalized spacial score (nSPS) is 11.0. The molecule has 0 amide bonds. The molecular weight excluding hydrogens is 466 g/mol. The summed E-state index contributed by atoms with van der Waals surface area (Å²) in [5.41, 5.74) is 3.46. The van der Waals surface area contributed by atoms with Gasteiger partial charge in [-0.05, 0) is 42.5 Å². The molecule has 6 nitrogen and oxygen atoms in total. The number of benzene rings is 3. The predicted octanol–water partition coefficient (Wildman–Crippen LogP) is 6.34. The summed E-state index contributed by atoms with van der Waals surface area (Å²) in [5.74, 6) is -1.83. The molecule has 5 aromatic rings. The minimum Gasteiger partial charge on any atom is -0.462 e. The van der Waals surface area contributed by atoms with Gasteiger partial charge in [-0.15, -0.1) is 0 Å². The molecule has 0 saturated heterocycles. The largest absolute Gasteiger partial charge is 0.462 e. The molecule has 0 fully saturated rings. The van der Waals surface area contributed by atoms with Crippen LogP contribution in [0.1, 0.15) is 50.6 Å². The molecule has 0 aliphatic heterocycles. The zero-order valence-electron chi connectivity index (χ0n) is 20.6. The number of hydrogen-bond acceptors (Lipinski definition) is 5. The van der Waals surface area contributed by atoms with E-state index in [2.05, 4.69) is 0 Å². The third-order valence-corrected chi connectivity index (χ3v) is 6.23. The van der Waals surface area contributed by atoms with E-state index in [0.29, 0.717) is 16.6 Å². The minimum absolute atomic E-state index is 0.0234. The van der Waals surface area contributed by atoms with E-state index in [9.17, 15) is 14.4 Å². The first-order valence-corrected chi connectivity index (χ1v) is 12.2. The lowest BCUT2D eigenvalue weighted by molar-refractivity contribution is 0.0480. The Morgan fingerprint density at radius 3 is 1.89 bits per heavy atom. The number of carbonyl (C=O) groups excluding carboxylic acids is 3. The summed E-state index contributed by atoms with van der Waals surface area (Å²) in [4.78, 5) is 40.5. The number of fused-ring (bicyclic) bond motifs is 3. The van der Waals surface area contributed by atoms with Crippen LogP contribution in [0.4, 0.5) is 0 Å². The molecule has 0 bridgehead atoms. The van der Waals surface area contributed by atoms with Gasteiger partial charge in [-0.1, -0.05) is 78.9 Å². The van der Waals surface area contributed by atoms with Crippen LogP contribution in [-0.2, 0) is 9.47 Å². The van der Waals surface area contributed by atoms with Crippen molar-refractivity contribution in [3.8, 4) is 11.1 Å². The van der Waals surface area contributed by atoms with E-state index in [1.807, 2.05) is 72.8 Å². The summed E-state index contributed by atoms with van der Waals surface area (Å²) in [6.07, 6.45) is 0. The number of pyridine rings is 1. The van der Waals surface area contributed by atoms with Gasteiger partial charge < -0.3 is 13.9 Å². The molecule has 0 saturated carbocycles. The van der Waals surface area contributed by atoms with Gasteiger partial charge in [-0.2, -0.15) is 0 Å². The highest BCUT2D eigenvalue weighted by Gasteiger charge is 2.34. The average Bonchev–Trinajstić information content (AvgIpc) is 3.29. The van der Waals surface area contributed by atoms with Gasteiger partial charge in [-0.25, -0.2) is 9.59 Å². The van der Waals surface area contributed by atoms with E-state index in [0.717, 1.165) is 16.5 Å². The van der Waals surface area contributed by atoms with E-state index < -0.39 is 17.7 Å². The van der Waals surface area contributed by atoms with Crippen molar-refractivity contribution in [2.45, 2.75) is 13.8 Å². The molecule has 6 heteroatoms. The molecule has 37 heavy (non-hydrogen) atoms. The van der Waals surface area contributed by atoms with Crippen molar-refractivity contribution in [2.75, 3.05) is 13.2 Å². The van der Waals surface area contributed by atoms with Crippen molar-refractivity contribution in [3.63, 3.8) is 0 Å². The second-order valence-corrected chi connectivity index (χ2v) is 8.42. The second-order valence-electron chi connectivity index (χ2n) is 8.42. The number of ether oxygens (including phenoxy) is 2. The Hall–Kier alpha value is -4.71. The number of esters is 2. The third-order valence-electron chi connectivity index (χ3n) is 6.23. The number of rotatable bonds is 7. The highest BCUT2D eigenvalue weighted by molar-refractivity contribution is 6.20. The molecule has 0 unspecified atom stereocenters. The van der Waals surface area contributed by atoms with Crippen LogP contribution in [0, 0.1) is 0 Å². The third kappa shape index (κ3) is 4.27. The van der Waals surface area contributed by atoms with Gasteiger partial charge in [0, 0.05) is 5.56 Å². The Morgan fingerprint density at radius 2 is 1.22 bits per heavy atom. The summed E-state index contributed by atoms with van der Waals surface area (Å²) in [6, 6.07) is 28.1. The van der Waals surface area contributed by atoms with E-state index in [1.54, 1.807) is 36.4 Å². The topological polar surface area (TPSA) is 74.1 Å². The zero-order chi connectivity index (χ0) is 25.9. The molecule has 2 heterocycles. The summed E-state index contributed by atoms with van der Waals surface area (Å²) in [7, 11) is 0. The highest BCUT2D eigenvalue weighted by Crippen LogP contribution is 2.32. The number of ketones is 1. The number of para-hydroxylation sites is 1. The summed E-state index contributed by atoms with van der Waals surface area (Å²) in [6.45, 7) is 3.58. The molecule has 5 rings (SSSR count). The van der Waals surface area contributed by atoms with Gasteiger partial charge >= 0.3 is 11.9 Å². The van der Waals surface area contributed by atoms with Gasteiger partial charge in [0.2, 0.25) is 5.78 Å². The van der Waals surface area contributed by atoms with Gasteiger partial charge in [0.15, 0.2) is 0 Å². The van der Waals surface area contributed by atoms with E-state index in [4.69, 9.17) is 9.47 Å². The Morgan fingerprint density at radius 1 is 0.622 bits per heavy atom. The van der Waals surface area contributed by atoms with E-state index >= 15 is 0 Å². The van der Waals surface area contributed by atoms with Crippen LogP contribution in [0.3, 0.4) is 0 Å². The maximum Gasteiger partial charge on any atom is 0.341 e. The Bertz CT molecular complexity index is 1630. The minimum atomic E-state index is -0.748. The molecule has 0 aliphatic carbocycles. The molecule has 0 radical (unpaired) electrons. The Kier molecular flexibility index (Phi) is 6.56. The van der Waals surface area contributed by atoms with Crippen molar-refractivity contribution >= 4 is 34.1 Å². The fourth-order valence-electron chi connectivity index (χ4n) is 4.61. The summed E-state index contributed by atoms with van der Waals surface area (Å²) in [5, 5.41) is 0.851. The molecular formula is C31H25NO5. The smallest absolute Gasteiger partial charge is 0.341 e. The average molecular weight is 492 g/mol. The Balaban J connectivity index is 1.78. The quantitative estimate of drug-likeness (QED) is 0.196. The fourth-order valence-corrected chi connectivity index (χ4v) is 4.61. The van der Waals surface area contributed by atoms with Gasteiger partial charge in [0.25, 0.3) is 0 Å². The van der Waals surface area contributed by atoms with Crippen LogP contribution in [0.2, 0.25) is 0 Å². The maximum atomic E-state index is 14.1. The van der Waals surface area contributed by atoms with Crippen LogP contribution in [0.5, 0.6) is 0 Å². The molecule has 0 spiro atoms. The second kappa shape index (κ2) is 10.1. The van der Waals surface area contributed by atoms with Crippen LogP contribution in [0.25, 0.3) is 27.5 Å².